The molecule has 0 spiro atoms. The first-order valence-corrected chi connectivity index (χ1v) is 8.56. The quantitative estimate of drug-likeness (QED) is 0.782. The van der Waals surface area contributed by atoms with Crippen molar-refractivity contribution in [3.8, 4) is 5.75 Å². The Morgan fingerprint density at radius 3 is 2.67 bits per heavy atom. The lowest BCUT2D eigenvalue weighted by molar-refractivity contribution is 0.0619. The van der Waals surface area contributed by atoms with Crippen LogP contribution in [0.1, 0.15) is 47.8 Å². The minimum atomic E-state index is -0.357. The fourth-order valence-electron chi connectivity index (χ4n) is 3.01. The summed E-state index contributed by atoms with van der Waals surface area (Å²) in [4.78, 5) is 12.7. The number of carbonyl (C=O) groups is 1. The van der Waals surface area contributed by atoms with Gasteiger partial charge in [0.15, 0.2) is 0 Å². The highest BCUT2D eigenvalue weighted by Gasteiger charge is 2.34. The van der Waals surface area contributed by atoms with Gasteiger partial charge in [-0.1, -0.05) is 40.9 Å². The Morgan fingerprint density at radius 2 is 1.96 bits per heavy atom. The molecule has 1 amide bonds. The zero-order valence-electron chi connectivity index (χ0n) is 13.8. The van der Waals surface area contributed by atoms with Crippen LogP contribution in [0.5, 0.6) is 5.75 Å². The highest BCUT2D eigenvalue weighted by Crippen LogP contribution is 2.40. The number of fused-ring (bicyclic) bond motifs is 1. The van der Waals surface area contributed by atoms with Gasteiger partial charge in [0.1, 0.15) is 11.4 Å². The van der Waals surface area contributed by atoms with E-state index >= 15 is 0 Å². The van der Waals surface area contributed by atoms with E-state index in [1.54, 1.807) is 18.2 Å². The van der Waals surface area contributed by atoms with Crippen LogP contribution in [0.25, 0.3) is 0 Å². The van der Waals surface area contributed by atoms with Crippen molar-refractivity contribution in [1.82, 2.24) is 5.32 Å². The van der Waals surface area contributed by atoms with Gasteiger partial charge in [-0.2, -0.15) is 0 Å². The second-order valence-electron chi connectivity index (χ2n) is 6.76. The molecule has 2 aromatic carbocycles. The molecular formula is C19H19Cl2NO2. The van der Waals surface area contributed by atoms with E-state index < -0.39 is 0 Å². The smallest absolute Gasteiger partial charge is 0.253 e. The molecule has 0 aliphatic carbocycles. The molecule has 1 aliphatic rings. The molecule has 3 rings (SSSR count). The average molecular weight is 364 g/mol. The third kappa shape index (κ3) is 3.52. The van der Waals surface area contributed by atoms with Crippen molar-refractivity contribution < 1.29 is 9.53 Å². The SMILES string of the molecule is Cc1ccc2c(c1)C(NC(=O)c1ccc(Cl)cc1Cl)CC(C)(C)O2. The van der Waals surface area contributed by atoms with E-state index in [0.29, 0.717) is 22.0 Å². The molecule has 1 unspecified atom stereocenters. The average Bonchev–Trinajstić information content (AvgIpc) is 2.47. The molecule has 1 heterocycles. The van der Waals surface area contributed by atoms with Gasteiger partial charge in [-0.3, -0.25) is 4.79 Å². The third-order valence-corrected chi connectivity index (χ3v) is 4.65. The first-order valence-electron chi connectivity index (χ1n) is 7.81. The van der Waals surface area contributed by atoms with Gasteiger partial charge in [-0.05, 0) is 45.0 Å². The number of ether oxygens (including phenoxy) is 1. The number of carbonyl (C=O) groups excluding carboxylic acids is 1. The normalized spacial score (nSPS) is 18.5. The summed E-state index contributed by atoms with van der Waals surface area (Å²) in [7, 11) is 0. The van der Waals surface area contributed by atoms with E-state index in [9.17, 15) is 4.79 Å². The maximum absolute atomic E-state index is 12.7. The van der Waals surface area contributed by atoms with Crippen LogP contribution in [0.4, 0.5) is 0 Å². The molecule has 0 bridgehead atoms. The Balaban J connectivity index is 1.91. The molecule has 3 nitrogen and oxygen atoms in total. The molecule has 1 aliphatic heterocycles. The fourth-order valence-corrected chi connectivity index (χ4v) is 3.51. The van der Waals surface area contributed by atoms with E-state index in [1.807, 2.05) is 32.9 Å². The van der Waals surface area contributed by atoms with Crippen LogP contribution in [0, 0.1) is 6.92 Å². The molecule has 0 aromatic heterocycles. The Hall–Kier alpha value is -1.71. The predicted molar refractivity (Wildman–Crippen MR) is 97.2 cm³/mol. The molecule has 24 heavy (non-hydrogen) atoms. The Kier molecular flexibility index (Phi) is 4.50. The number of hydrogen-bond donors (Lipinski definition) is 1. The molecule has 0 saturated heterocycles. The summed E-state index contributed by atoms with van der Waals surface area (Å²) in [6.45, 7) is 6.06. The van der Waals surface area contributed by atoms with Gasteiger partial charge in [0.2, 0.25) is 0 Å². The minimum absolute atomic E-state index is 0.136. The fraction of sp³-hybridized carbons (Fsp3) is 0.316. The standard InChI is InChI=1S/C19H19Cl2NO2/c1-11-4-7-17-14(8-11)16(10-19(2,3)24-17)22-18(23)13-6-5-12(20)9-15(13)21/h4-9,16H,10H2,1-3H3,(H,22,23). The molecule has 1 atom stereocenters. The molecular weight excluding hydrogens is 345 g/mol. The number of aryl methyl sites for hydroxylation is 1. The second-order valence-corrected chi connectivity index (χ2v) is 7.60. The molecule has 5 heteroatoms. The van der Waals surface area contributed by atoms with Gasteiger partial charge in [0, 0.05) is 17.0 Å². The van der Waals surface area contributed by atoms with Crippen molar-refractivity contribution in [2.24, 2.45) is 0 Å². The Morgan fingerprint density at radius 1 is 1.21 bits per heavy atom. The van der Waals surface area contributed by atoms with Crippen molar-refractivity contribution in [3.63, 3.8) is 0 Å². The lowest BCUT2D eigenvalue weighted by Gasteiger charge is -2.38. The van der Waals surface area contributed by atoms with E-state index in [-0.39, 0.29) is 17.6 Å². The van der Waals surface area contributed by atoms with Gasteiger partial charge >= 0.3 is 0 Å². The minimum Gasteiger partial charge on any atom is -0.487 e. The van der Waals surface area contributed by atoms with Crippen molar-refractivity contribution in [1.29, 1.82) is 0 Å². The molecule has 126 valence electrons. The van der Waals surface area contributed by atoms with Gasteiger partial charge in [-0.15, -0.1) is 0 Å². The highest BCUT2D eigenvalue weighted by molar-refractivity contribution is 6.36. The van der Waals surface area contributed by atoms with E-state index in [0.717, 1.165) is 16.9 Å². The van der Waals surface area contributed by atoms with Crippen LogP contribution < -0.4 is 10.1 Å². The molecule has 1 N–H and O–H groups in total. The van der Waals surface area contributed by atoms with Gasteiger partial charge in [-0.25, -0.2) is 0 Å². The molecule has 0 saturated carbocycles. The van der Waals surface area contributed by atoms with E-state index in [1.165, 1.54) is 0 Å². The lowest BCUT2D eigenvalue weighted by Crippen LogP contribution is -2.41. The molecule has 0 fully saturated rings. The number of rotatable bonds is 2. The maximum atomic E-state index is 12.7. The molecule has 2 aromatic rings. The van der Waals surface area contributed by atoms with Crippen molar-refractivity contribution in [2.75, 3.05) is 0 Å². The van der Waals surface area contributed by atoms with E-state index in [2.05, 4.69) is 11.4 Å². The van der Waals surface area contributed by atoms with Crippen molar-refractivity contribution >= 4 is 29.1 Å². The van der Waals surface area contributed by atoms with Crippen LogP contribution in [0.3, 0.4) is 0 Å². The summed E-state index contributed by atoms with van der Waals surface area (Å²) in [5.41, 5.74) is 2.18. The Bertz CT molecular complexity index is 802. The molecule has 0 radical (unpaired) electrons. The van der Waals surface area contributed by atoms with Crippen LogP contribution >= 0.6 is 23.2 Å². The largest absolute Gasteiger partial charge is 0.487 e. The number of halogens is 2. The first-order chi connectivity index (χ1) is 11.2. The second kappa shape index (κ2) is 6.30. The van der Waals surface area contributed by atoms with Gasteiger partial charge in [0.05, 0.1) is 16.6 Å². The Labute approximate surface area is 151 Å². The summed E-state index contributed by atoms with van der Waals surface area (Å²) >= 11 is 12.1. The number of benzene rings is 2. The van der Waals surface area contributed by atoms with Crippen molar-refractivity contribution in [3.05, 3.63) is 63.1 Å². The summed E-state index contributed by atoms with van der Waals surface area (Å²) in [6.07, 6.45) is 0.681. The summed E-state index contributed by atoms with van der Waals surface area (Å²) in [5.74, 6) is 0.594. The van der Waals surface area contributed by atoms with Gasteiger partial charge < -0.3 is 10.1 Å². The van der Waals surface area contributed by atoms with Gasteiger partial charge in [0.25, 0.3) is 5.91 Å². The maximum Gasteiger partial charge on any atom is 0.253 e. The lowest BCUT2D eigenvalue weighted by atomic mass is 9.88. The summed E-state index contributed by atoms with van der Waals surface area (Å²) in [6, 6.07) is 10.8. The zero-order valence-corrected chi connectivity index (χ0v) is 15.3. The van der Waals surface area contributed by atoms with Crippen LogP contribution in [0.15, 0.2) is 36.4 Å². The third-order valence-electron chi connectivity index (χ3n) is 4.10. The number of nitrogens with one attached hydrogen (secondary N) is 1. The summed E-state index contributed by atoms with van der Waals surface area (Å²) < 4.78 is 6.04. The topological polar surface area (TPSA) is 38.3 Å². The zero-order chi connectivity index (χ0) is 17.5. The highest BCUT2D eigenvalue weighted by atomic mass is 35.5. The van der Waals surface area contributed by atoms with E-state index in [4.69, 9.17) is 27.9 Å². The van der Waals surface area contributed by atoms with Crippen LogP contribution in [-0.4, -0.2) is 11.5 Å². The number of amides is 1. The van der Waals surface area contributed by atoms with Crippen LogP contribution in [-0.2, 0) is 0 Å². The first kappa shape index (κ1) is 17.1. The summed E-state index contributed by atoms with van der Waals surface area (Å²) in [5, 5.41) is 3.94. The van der Waals surface area contributed by atoms with Crippen molar-refractivity contribution in [2.45, 2.75) is 38.8 Å². The monoisotopic (exact) mass is 363 g/mol. The van der Waals surface area contributed by atoms with Crippen LogP contribution in [0.2, 0.25) is 10.0 Å². The predicted octanol–water partition coefficient (Wildman–Crippen LogP) is 5.33. The number of hydrogen-bond acceptors (Lipinski definition) is 2.